The van der Waals surface area contributed by atoms with Gasteiger partial charge in [0.2, 0.25) is 0 Å². The number of allylic oxidation sites excluding steroid dienone is 5. The van der Waals surface area contributed by atoms with Gasteiger partial charge in [0.05, 0.1) is 22.2 Å². The molecule has 6 rings (SSSR count). The standard InChI is InChI=1S/C36H34FN3O/c1-5-24(19-25(6-2)26-11-14-28(37)15-12-26)22-40-34-18-17-30(20-33(34)39-35(40)31-21-36(31,3)4)41-23-29-16-13-27-9-7-8-10-32(27)38-29/h5-20,31H,2,21-23H2,1,3-4H3/b24-5+,25-19+/t31-/m0/s1. The van der Waals surface area contributed by atoms with Crippen molar-refractivity contribution in [2.24, 2.45) is 5.41 Å². The van der Waals surface area contributed by atoms with Crippen LogP contribution in [0.2, 0.25) is 0 Å². The highest BCUT2D eigenvalue weighted by Crippen LogP contribution is 2.58. The van der Waals surface area contributed by atoms with Crippen LogP contribution in [0, 0.1) is 11.2 Å². The summed E-state index contributed by atoms with van der Waals surface area (Å²) >= 11 is 0. The van der Waals surface area contributed by atoms with Gasteiger partial charge in [-0.25, -0.2) is 14.4 Å². The maximum absolute atomic E-state index is 13.5. The predicted octanol–water partition coefficient (Wildman–Crippen LogP) is 9.03. The highest BCUT2D eigenvalue weighted by atomic mass is 19.1. The van der Waals surface area contributed by atoms with Gasteiger partial charge in [-0.3, -0.25) is 0 Å². The van der Waals surface area contributed by atoms with Crippen molar-refractivity contribution < 1.29 is 9.13 Å². The number of benzene rings is 3. The van der Waals surface area contributed by atoms with Gasteiger partial charge in [0.15, 0.2) is 0 Å². The van der Waals surface area contributed by atoms with E-state index in [2.05, 4.69) is 55.3 Å². The minimum absolute atomic E-state index is 0.229. The Labute approximate surface area is 240 Å². The van der Waals surface area contributed by atoms with Crippen LogP contribution in [0.3, 0.4) is 0 Å². The summed E-state index contributed by atoms with van der Waals surface area (Å²) in [5, 5.41) is 1.12. The van der Waals surface area contributed by atoms with Crippen LogP contribution < -0.4 is 4.74 Å². The van der Waals surface area contributed by atoms with Gasteiger partial charge in [-0.2, -0.15) is 0 Å². The van der Waals surface area contributed by atoms with Crippen LogP contribution in [0.1, 0.15) is 50.2 Å². The lowest BCUT2D eigenvalue weighted by atomic mass is 10.0. The molecule has 0 aliphatic heterocycles. The van der Waals surface area contributed by atoms with E-state index in [4.69, 9.17) is 14.7 Å². The molecular formula is C36H34FN3O. The van der Waals surface area contributed by atoms with Crippen LogP contribution in [0.5, 0.6) is 5.75 Å². The number of fused-ring (bicyclic) bond motifs is 2. The number of hydrogen-bond donors (Lipinski definition) is 0. The number of hydrogen-bond acceptors (Lipinski definition) is 3. The molecule has 2 aromatic heterocycles. The summed E-state index contributed by atoms with van der Waals surface area (Å²) in [5.74, 6) is 2.03. The third-order valence-corrected chi connectivity index (χ3v) is 8.07. The van der Waals surface area contributed by atoms with Gasteiger partial charge < -0.3 is 9.30 Å². The molecule has 5 heteroatoms. The van der Waals surface area contributed by atoms with Gasteiger partial charge in [-0.15, -0.1) is 0 Å². The average molecular weight is 544 g/mol. The largest absolute Gasteiger partial charge is 0.487 e. The number of nitrogens with zero attached hydrogens (tertiary/aromatic N) is 3. The lowest BCUT2D eigenvalue weighted by Gasteiger charge is -2.13. The van der Waals surface area contributed by atoms with E-state index in [1.807, 2.05) is 49.4 Å². The third kappa shape index (κ3) is 5.58. The molecule has 1 aliphatic carbocycles. The van der Waals surface area contributed by atoms with Crippen LogP contribution in [0.4, 0.5) is 4.39 Å². The van der Waals surface area contributed by atoms with Gasteiger partial charge in [-0.1, -0.05) is 69.0 Å². The first-order valence-electron chi connectivity index (χ1n) is 14.1. The Hall–Kier alpha value is -4.51. The third-order valence-electron chi connectivity index (χ3n) is 8.07. The Kier molecular flexibility index (Phi) is 7.04. The summed E-state index contributed by atoms with van der Waals surface area (Å²) in [4.78, 5) is 9.87. The molecule has 0 N–H and O–H groups in total. The summed E-state index contributed by atoms with van der Waals surface area (Å²) in [7, 11) is 0. The number of aromatic nitrogens is 3. The molecule has 0 amide bonds. The molecule has 1 saturated carbocycles. The molecule has 2 heterocycles. The topological polar surface area (TPSA) is 39.9 Å². The molecule has 3 aromatic carbocycles. The Morgan fingerprint density at radius 1 is 1.02 bits per heavy atom. The van der Waals surface area contributed by atoms with E-state index in [1.165, 1.54) is 12.1 Å². The Morgan fingerprint density at radius 3 is 2.54 bits per heavy atom. The molecular weight excluding hydrogens is 509 g/mol. The summed E-state index contributed by atoms with van der Waals surface area (Å²) in [5.41, 5.74) is 7.10. The summed E-state index contributed by atoms with van der Waals surface area (Å²) in [6.45, 7) is 11.7. The summed E-state index contributed by atoms with van der Waals surface area (Å²) in [6, 6.07) is 24.9. The van der Waals surface area contributed by atoms with Crippen molar-refractivity contribution in [2.75, 3.05) is 0 Å². The van der Waals surface area contributed by atoms with E-state index in [9.17, 15) is 4.39 Å². The highest BCUT2D eigenvalue weighted by molar-refractivity contribution is 5.80. The second kappa shape index (κ2) is 10.8. The smallest absolute Gasteiger partial charge is 0.130 e. The molecule has 0 bridgehead atoms. The second-order valence-corrected chi connectivity index (χ2v) is 11.4. The fourth-order valence-corrected chi connectivity index (χ4v) is 5.41. The van der Waals surface area contributed by atoms with Crippen LogP contribution in [-0.4, -0.2) is 14.5 Å². The fourth-order valence-electron chi connectivity index (χ4n) is 5.41. The van der Waals surface area contributed by atoms with Crippen LogP contribution >= 0.6 is 0 Å². The Balaban J connectivity index is 1.29. The molecule has 0 unspecified atom stereocenters. The molecule has 41 heavy (non-hydrogen) atoms. The van der Waals surface area contributed by atoms with Crippen molar-refractivity contribution in [1.82, 2.24) is 14.5 Å². The highest BCUT2D eigenvalue weighted by Gasteiger charge is 2.49. The fraction of sp³-hybridized carbons (Fsp3) is 0.222. The molecule has 1 fully saturated rings. The Morgan fingerprint density at radius 2 is 1.80 bits per heavy atom. The summed E-state index contributed by atoms with van der Waals surface area (Å²) < 4.78 is 22.0. The molecule has 1 atom stereocenters. The van der Waals surface area contributed by atoms with E-state index >= 15 is 0 Å². The van der Waals surface area contributed by atoms with Crippen molar-refractivity contribution in [2.45, 2.75) is 46.3 Å². The zero-order chi connectivity index (χ0) is 28.6. The number of imidazole rings is 1. The van der Waals surface area contributed by atoms with Crippen molar-refractivity contribution in [1.29, 1.82) is 0 Å². The quantitative estimate of drug-likeness (QED) is 0.174. The van der Waals surface area contributed by atoms with E-state index in [0.717, 1.165) is 62.3 Å². The number of ether oxygens (including phenoxy) is 1. The number of para-hydroxylation sites is 1. The van der Waals surface area contributed by atoms with E-state index in [1.54, 1.807) is 12.1 Å². The van der Waals surface area contributed by atoms with Gasteiger partial charge >= 0.3 is 0 Å². The summed E-state index contributed by atoms with van der Waals surface area (Å²) in [6.07, 6.45) is 7.18. The number of rotatable bonds is 9. The first-order chi connectivity index (χ1) is 19.8. The van der Waals surface area contributed by atoms with Crippen molar-refractivity contribution in [3.63, 3.8) is 0 Å². The molecule has 0 spiro atoms. The molecule has 1 aliphatic rings. The second-order valence-electron chi connectivity index (χ2n) is 11.4. The Bertz CT molecular complexity index is 1810. The number of halogens is 1. The zero-order valence-corrected chi connectivity index (χ0v) is 23.8. The van der Waals surface area contributed by atoms with Crippen molar-refractivity contribution >= 4 is 27.5 Å². The minimum atomic E-state index is -0.248. The maximum atomic E-state index is 13.5. The van der Waals surface area contributed by atoms with Crippen molar-refractivity contribution in [3.05, 3.63) is 132 Å². The van der Waals surface area contributed by atoms with Gasteiger partial charge in [0.25, 0.3) is 0 Å². The van der Waals surface area contributed by atoms with Gasteiger partial charge in [0.1, 0.15) is 24.0 Å². The zero-order valence-electron chi connectivity index (χ0n) is 23.8. The SMILES string of the molecule is C=C/C(=C\C(=C/C)Cn1c([C@@H]2CC2(C)C)nc2cc(OCc3ccc4ccccc4n3)ccc21)c1ccc(F)cc1. The van der Waals surface area contributed by atoms with E-state index < -0.39 is 0 Å². The molecule has 5 aromatic rings. The van der Waals surface area contributed by atoms with Crippen LogP contribution in [0.15, 0.2) is 109 Å². The number of pyridine rings is 1. The van der Waals surface area contributed by atoms with Gasteiger partial charge in [-0.05, 0) is 77.9 Å². The molecule has 0 saturated heterocycles. The lowest BCUT2D eigenvalue weighted by molar-refractivity contribution is 0.302. The minimum Gasteiger partial charge on any atom is -0.487 e. The molecule has 0 radical (unpaired) electrons. The average Bonchev–Trinajstić information content (AvgIpc) is 3.48. The monoisotopic (exact) mass is 543 g/mol. The molecule has 4 nitrogen and oxygen atoms in total. The first-order valence-corrected chi connectivity index (χ1v) is 14.1. The van der Waals surface area contributed by atoms with Crippen LogP contribution in [0.25, 0.3) is 27.5 Å². The van der Waals surface area contributed by atoms with Crippen molar-refractivity contribution in [3.8, 4) is 5.75 Å². The maximum Gasteiger partial charge on any atom is 0.130 e. The van der Waals surface area contributed by atoms with E-state index in [-0.39, 0.29) is 11.2 Å². The van der Waals surface area contributed by atoms with Gasteiger partial charge in [0, 0.05) is 23.9 Å². The predicted molar refractivity (Wildman–Crippen MR) is 165 cm³/mol. The van der Waals surface area contributed by atoms with E-state index in [0.29, 0.717) is 19.1 Å². The molecule has 206 valence electrons. The first kappa shape index (κ1) is 26.7. The van der Waals surface area contributed by atoms with Crippen LogP contribution in [-0.2, 0) is 13.2 Å². The lowest BCUT2D eigenvalue weighted by Crippen LogP contribution is -2.07. The normalized spacial score (nSPS) is 16.7.